The minimum atomic E-state index is -0.912. The van der Waals surface area contributed by atoms with E-state index in [-0.39, 0.29) is 5.56 Å². The number of methoxy groups -OCH3 is 1. The van der Waals surface area contributed by atoms with E-state index in [0.29, 0.717) is 12.1 Å². The topological polar surface area (TPSA) is 64.3 Å². The van der Waals surface area contributed by atoms with Crippen LogP contribution in [-0.4, -0.2) is 33.8 Å². The Balaban J connectivity index is 2.06. The van der Waals surface area contributed by atoms with Crippen molar-refractivity contribution < 1.29 is 14.6 Å². The minimum Gasteiger partial charge on any atom is -0.478 e. The van der Waals surface area contributed by atoms with Crippen LogP contribution in [0.5, 0.6) is 0 Å². The molecule has 1 heterocycles. The van der Waals surface area contributed by atoms with Gasteiger partial charge in [-0.1, -0.05) is 6.92 Å². The summed E-state index contributed by atoms with van der Waals surface area (Å²) in [7, 11) is 1.76. The lowest BCUT2D eigenvalue weighted by molar-refractivity contribution is 0.0697. The number of carboxylic acids is 1. The predicted molar refractivity (Wildman–Crippen MR) is 79.8 cm³/mol. The summed E-state index contributed by atoms with van der Waals surface area (Å²) in [4.78, 5) is 15.7. The SMILES string of the molecule is CCc1nc2cc(C(=O)O)ccc2n1C1CCC(OC)C1. The first-order valence-electron chi connectivity index (χ1n) is 7.41. The average molecular weight is 288 g/mol. The summed E-state index contributed by atoms with van der Waals surface area (Å²) in [6, 6.07) is 5.59. The molecule has 1 aliphatic carbocycles. The molecule has 5 heteroatoms. The van der Waals surface area contributed by atoms with Gasteiger partial charge in [0.25, 0.3) is 0 Å². The number of aromatic carboxylic acids is 1. The number of benzene rings is 1. The molecule has 21 heavy (non-hydrogen) atoms. The van der Waals surface area contributed by atoms with E-state index in [1.54, 1.807) is 19.2 Å². The summed E-state index contributed by atoms with van der Waals surface area (Å²) in [5.74, 6) is 0.110. The number of aromatic nitrogens is 2. The zero-order chi connectivity index (χ0) is 15.0. The van der Waals surface area contributed by atoms with E-state index < -0.39 is 5.97 Å². The Morgan fingerprint density at radius 2 is 2.29 bits per heavy atom. The third-order valence-corrected chi connectivity index (χ3v) is 4.38. The first-order valence-corrected chi connectivity index (χ1v) is 7.41. The molecule has 2 atom stereocenters. The third kappa shape index (κ3) is 2.42. The van der Waals surface area contributed by atoms with Gasteiger partial charge in [0, 0.05) is 19.6 Å². The molecule has 1 N–H and O–H groups in total. The summed E-state index contributed by atoms with van der Waals surface area (Å²) in [5, 5.41) is 9.10. The van der Waals surface area contributed by atoms with Crippen LogP contribution in [0, 0.1) is 0 Å². The lowest BCUT2D eigenvalue weighted by Crippen LogP contribution is -2.11. The number of hydrogen-bond donors (Lipinski definition) is 1. The smallest absolute Gasteiger partial charge is 0.335 e. The molecule has 112 valence electrons. The van der Waals surface area contributed by atoms with Crippen LogP contribution in [0.4, 0.5) is 0 Å². The Labute approximate surface area is 123 Å². The molecule has 0 aliphatic heterocycles. The van der Waals surface area contributed by atoms with Crippen LogP contribution >= 0.6 is 0 Å². The second kappa shape index (κ2) is 5.48. The van der Waals surface area contributed by atoms with Crippen molar-refractivity contribution in [2.45, 2.75) is 44.8 Å². The number of nitrogens with zero attached hydrogens (tertiary/aromatic N) is 2. The van der Waals surface area contributed by atoms with E-state index in [9.17, 15) is 4.79 Å². The first kappa shape index (κ1) is 14.1. The molecule has 1 fully saturated rings. The fourth-order valence-electron chi connectivity index (χ4n) is 3.30. The van der Waals surface area contributed by atoms with E-state index in [1.807, 2.05) is 6.07 Å². The van der Waals surface area contributed by atoms with Crippen molar-refractivity contribution in [2.75, 3.05) is 7.11 Å². The number of ether oxygens (including phenoxy) is 1. The fourth-order valence-corrected chi connectivity index (χ4v) is 3.30. The number of carboxylic acid groups (broad SMARTS) is 1. The van der Waals surface area contributed by atoms with E-state index in [1.165, 1.54) is 0 Å². The third-order valence-electron chi connectivity index (χ3n) is 4.38. The molecule has 2 aromatic rings. The number of imidazole rings is 1. The van der Waals surface area contributed by atoms with E-state index >= 15 is 0 Å². The maximum atomic E-state index is 11.1. The molecule has 1 aromatic heterocycles. The average Bonchev–Trinajstić information content (AvgIpc) is 3.09. The second-order valence-corrected chi connectivity index (χ2v) is 5.58. The maximum Gasteiger partial charge on any atom is 0.335 e. The van der Waals surface area contributed by atoms with Crippen molar-refractivity contribution >= 4 is 17.0 Å². The summed E-state index contributed by atoms with van der Waals surface area (Å²) >= 11 is 0. The van der Waals surface area contributed by atoms with Gasteiger partial charge in [0.15, 0.2) is 0 Å². The Bertz CT molecular complexity index is 677. The Hall–Kier alpha value is -1.88. The van der Waals surface area contributed by atoms with Gasteiger partial charge in [0.2, 0.25) is 0 Å². The molecule has 0 spiro atoms. The molecule has 3 rings (SSSR count). The largest absolute Gasteiger partial charge is 0.478 e. The summed E-state index contributed by atoms with van der Waals surface area (Å²) in [5.41, 5.74) is 2.09. The van der Waals surface area contributed by atoms with Gasteiger partial charge in [0.05, 0.1) is 22.7 Å². The molecule has 2 unspecified atom stereocenters. The van der Waals surface area contributed by atoms with Crippen LogP contribution < -0.4 is 0 Å². The van der Waals surface area contributed by atoms with Crippen molar-refractivity contribution in [3.63, 3.8) is 0 Å². The van der Waals surface area contributed by atoms with Gasteiger partial charge in [-0.15, -0.1) is 0 Å². The highest BCUT2D eigenvalue weighted by atomic mass is 16.5. The molecule has 1 saturated carbocycles. The number of rotatable bonds is 4. The molecular formula is C16H20N2O3. The molecular weight excluding hydrogens is 268 g/mol. The van der Waals surface area contributed by atoms with Crippen molar-refractivity contribution in [1.82, 2.24) is 9.55 Å². The number of carbonyl (C=O) groups is 1. The Kier molecular flexibility index (Phi) is 3.68. The van der Waals surface area contributed by atoms with Gasteiger partial charge in [-0.3, -0.25) is 0 Å². The number of hydrogen-bond acceptors (Lipinski definition) is 3. The highest BCUT2D eigenvalue weighted by molar-refractivity contribution is 5.92. The van der Waals surface area contributed by atoms with Crippen LogP contribution in [0.2, 0.25) is 0 Å². The van der Waals surface area contributed by atoms with Gasteiger partial charge in [-0.05, 0) is 37.5 Å². The zero-order valence-corrected chi connectivity index (χ0v) is 12.4. The van der Waals surface area contributed by atoms with Gasteiger partial charge in [0.1, 0.15) is 5.82 Å². The van der Waals surface area contributed by atoms with Crippen LogP contribution in [-0.2, 0) is 11.2 Å². The van der Waals surface area contributed by atoms with Crippen molar-refractivity contribution in [3.05, 3.63) is 29.6 Å². The standard InChI is InChI=1S/C16H20N2O3/c1-3-15-17-13-8-10(16(19)20)4-7-14(13)18(15)11-5-6-12(9-11)21-2/h4,7-8,11-12H,3,5-6,9H2,1-2H3,(H,19,20). The van der Waals surface area contributed by atoms with E-state index in [0.717, 1.165) is 42.5 Å². The van der Waals surface area contributed by atoms with Crippen molar-refractivity contribution in [2.24, 2.45) is 0 Å². The van der Waals surface area contributed by atoms with Gasteiger partial charge in [-0.25, -0.2) is 9.78 Å². The monoisotopic (exact) mass is 288 g/mol. The van der Waals surface area contributed by atoms with Gasteiger partial charge in [-0.2, -0.15) is 0 Å². The maximum absolute atomic E-state index is 11.1. The lowest BCUT2D eigenvalue weighted by Gasteiger charge is -2.16. The molecule has 0 radical (unpaired) electrons. The molecule has 0 amide bonds. The quantitative estimate of drug-likeness (QED) is 0.939. The summed E-state index contributed by atoms with van der Waals surface area (Å²) in [6.07, 6.45) is 4.30. The first-order chi connectivity index (χ1) is 10.1. The summed E-state index contributed by atoms with van der Waals surface area (Å²) in [6.45, 7) is 2.08. The van der Waals surface area contributed by atoms with Crippen molar-refractivity contribution in [3.8, 4) is 0 Å². The number of aryl methyl sites for hydroxylation is 1. The fraction of sp³-hybridized carbons (Fsp3) is 0.500. The normalized spacial score (nSPS) is 22.0. The lowest BCUT2D eigenvalue weighted by atomic mass is 10.2. The van der Waals surface area contributed by atoms with E-state index in [2.05, 4.69) is 16.5 Å². The van der Waals surface area contributed by atoms with E-state index in [4.69, 9.17) is 9.84 Å². The summed E-state index contributed by atoms with van der Waals surface area (Å²) < 4.78 is 7.74. The molecule has 1 aromatic carbocycles. The zero-order valence-electron chi connectivity index (χ0n) is 12.4. The second-order valence-electron chi connectivity index (χ2n) is 5.58. The van der Waals surface area contributed by atoms with Gasteiger partial charge < -0.3 is 14.4 Å². The highest BCUT2D eigenvalue weighted by Gasteiger charge is 2.28. The molecule has 0 saturated heterocycles. The van der Waals surface area contributed by atoms with Gasteiger partial charge >= 0.3 is 5.97 Å². The minimum absolute atomic E-state index is 0.288. The van der Waals surface area contributed by atoms with Crippen LogP contribution in [0.25, 0.3) is 11.0 Å². The Morgan fingerprint density at radius 1 is 1.48 bits per heavy atom. The molecule has 5 nitrogen and oxygen atoms in total. The predicted octanol–water partition coefficient (Wildman–Crippen LogP) is 3.04. The Morgan fingerprint density at radius 3 is 2.90 bits per heavy atom. The number of fused-ring (bicyclic) bond motifs is 1. The van der Waals surface area contributed by atoms with Crippen molar-refractivity contribution in [1.29, 1.82) is 0 Å². The van der Waals surface area contributed by atoms with Crippen LogP contribution in [0.3, 0.4) is 0 Å². The highest BCUT2D eigenvalue weighted by Crippen LogP contribution is 2.35. The van der Waals surface area contributed by atoms with Crippen LogP contribution in [0.15, 0.2) is 18.2 Å². The molecule has 0 bridgehead atoms. The van der Waals surface area contributed by atoms with Crippen LogP contribution in [0.1, 0.15) is 48.4 Å². The molecule has 1 aliphatic rings.